The van der Waals surface area contributed by atoms with Crippen molar-refractivity contribution in [2.75, 3.05) is 25.1 Å². The van der Waals surface area contributed by atoms with Crippen LogP contribution in [-0.2, 0) is 14.3 Å². The van der Waals surface area contributed by atoms with Crippen molar-refractivity contribution in [3.8, 4) is 5.75 Å². The predicted molar refractivity (Wildman–Crippen MR) is 114 cm³/mol. The highest BCUT2D eigenvalue weighted by atomic mass is 16.6. The Morgan fingerprint density at radius 1 is 1.37 bits per heavy atom. The van der Waals surface area contributed by atoms with Crippen LogP contribution in [0.1, 0.15) is 46.6 Å². The minimum Gasteiger partial charge on any atom is -0.489 e. The molecule has 1 unspecified atom stereocenters. The van der Waals surface area contributed by atoms with Gasteiger partial charge in [-0.1, -0.05) is 6.92 Å². The summed E-state index contributed by atoms with van der Waals surface area (Å²) < 4.78 is 17.0. The standard InChI is InChI=1S/C22H29N3O5/c1-7-14-11-23-19(29-13(14)2)15-8-9-18-17(10-15)25(6)20(26)16(12-28-18)24-21(27)30-22(3,4)5/h8-10,16H,7,11-12H2,1-6H3,(H,24,27). The Morgan fingerprint density at radius 2 is 2.10 bits per heavy atom. The lowest BCUT2D eigenvalue weighted by Gasteiger charge is -2.24. The maximum Gasteiger partial charge on any atom is 0.408 e. The third-order valence-corrected chi connectivity index (χ3v) is 4.88. The van der Waals surface area contributed by atoms with Gasteiger partial charge in [0, 0.05) is 12.6 Å². The Labute approximate surface area is 176 Å². The molecule has 0 aliphatic carbocycles. The van der Waals surface area contributed by atoms with Crippen LogP contribution in [0.2, 0.25) is 0 Å². The molecule has 1 aromatic rings. The molecule has 162 valence electrons. The summed E-state index contributed by atoms with van der Waals surface area (Å²) in [5, 5.41) is 2.59. The van der Waals surface area contributed by atoms with Gasteiger partial charge in [-0.15, -0.1) is 0 Å². The van der Waals surface area contributed by atoms with Crippen molar-refractivity contribution in [1.82, 2.24) is 5.32 Å². The van der Waals surface area contributed by atoms with Crippen LogP contribution in [-0.4, -0.2) is 49.7 Å². The van der Waals surface area contributed by atoms with Crippen molar-refractivity contribution in [2.24, 2.45) is 4.99 Å². The van der Waals surface area contributed by atoms with Gasteiger partial charge in [-0.3, -0.25) is 4.79 Å². The number of nitrogens with zero attached hydrogens (tertiary/aromatic N) is 2. The molecule has 2 amide bonds. The van der Waals surface area contributed by atoms with Crippen LogP contribution in [0, 0.1) is 0 Å². The zero-order valence-corrected chi connectivity index (χ0v) is 18.4. The maximum absolute atomic E-state index is 12.9. The Bertz CT molecular complexity index is 914. The molecule has 1 N–H and O–H groups in total. The van der Waals surface area contributed by atoms with Gasteiger partial charge in [0.15, 0.2) is 0 Å². The summed E-state index contributed by atoms with van der Waals surface area (Å²) in [6.07, 6.45) is 0.229. The first-order valence-corrected chi connectivity index (χ1v) is 10.0. The second-order valence-electron chi connectivity index (χ2n) is 8.33. The maximum atomic E-state index is 12.9. The van der Waals surface area contributed by atoms with Crippen molar-refractivity contribution >= 4 is 23.6 Å². The third-order valence-electron chi connectivity index (χ3n) is 4.88. The number of amides is 2. The van der Waals surface area contributed by atoms with Gasteiger partial charge in [0.2, 0.25) is 5.90 Å². The van der Waals surface area contributed by atoms with E-state index < -0.39 is 17.7 Å². The molecular weight excluding hydrogens is 386 g/mol. The SMILES string of the molecule is CCC1=C(C)OC(c2ccc3c(c2)N(C)C(=O)C(NC(=O)OC(C)(C)C)CO3)=NC1. The monoisotopic (exact) mass is 415 g/mol. The van der Waals surface area contributed by atoms with Crippen LogP contribution in [0.25, 0.3) is 0 Å². The number of anilines is 1. The van der Waals surface area contributed by atoms with Crippen LogP contribution in [0.3, 0.4) is 0 Å². The molecular formula is C22H29N3O5. The largest absolute Gasteiger partial charge is 0.489 e. The number of alkyl carbamates (subject to hydrolysis) is 1. The topological polar surface area (TPSA) is 89.5 Å². The van der Waals surface area contributed by atoms with Gasteiger partial charge in [0.1, 0.15) is 29.8 Å². The molecule has 3 rings (SSSR count). The lowest BCUT2D eigenvalue weighted by Crippen LogP contribution is -2.50. The molecule has 0 spiro atoms. The number of benzene rings is 1. The number of nitrogens with one attached hydrogen (secondary N) is 1. The molecule has 8 heteroatoms. The number of carbonyl (C=O) groups is 2. The molecule has 1 atom stereocenters. The average Bonchev–Trinajstić information content (AvgIpc) is 2.78. The third kappa shape index (κ3) is 4.75. The van der Waals surface area contributed by atoms with Gasteiger partial charge in [0.25, 0.3) is 5.91 Å². The van der Waals surface area contributed by atoms with Gasteiger partial charge < -0.3 is 24.4 Å². The van der Waals surface area contributed by atoms with Crippen molar-refractivity contribution in [3.63, 3.8) is 0 Å². The van der Waals surface area contributed by atoms with E-state index in [1.54, 1.807) is 33.9 Å². The number of ether oxygens (including phenoxy) is 3. The summed E-state index contributed by atoms with van der Waals surface area (Å²) in [6.45, 7) is 9.90. The molecule has 0 bridgehead atoms. The molecule has 0 saturated carbocycles. The number of hydrogen-bond donors (Lipinski definition) is 1. The molecule has 30 heavy (non-hydrogen) atoms. The zero-order valence-electron chi connectivity index (χ0n) is 18.4. The summed E-state index contributed by atoms with van der Waals surface area (Å²) in [4.78, 5) is 31.0. The molecule has 2 heterocycles. The Hall–Kier alpha value is -3.03. The molecule has 0 saturated heterocycles. The summed E-state index contributed by atoms with van der Waals surface area (Å²) in [6, 6.07) is 4.58. The first-order chi connectivity index (χ1) is 14.1. The first kappa shape index (κ1) is 21.7. The van der Waals surface area contributed by atoms with Crippen LogP contribution in [0.5, 0.6) is 5.75 Å². The van der Waals surface area contributed by atoms with Gasteiger partial charge in [-0.2, -0.15) is 0 Å². The Kier molecular flexibility index (Phi) is 6.05. The highest BCUT2D eigenvalue weighted by molar-refractivity contribution is 6.02. The van der Waals surface area contributed by atoms with Crippen molar-refractivity contribution in [2.45, 2.75) is 52.7 Å². The van der Waals surface area contributed by atoms with Crippen LogP contribution in [0.15, 0.2) is 34.5 Å². The fraction of sp³-hybridized carbons (Fsp3) is 0.500. The van der Waals surface area contributed by atoms with Gasteiger partial charge >= 0.3 is 6.09 Å². The number of rotatable bonds is 3. The first-order valence-electron chi connectivity index (χ1n) is 10.0. The summed E-state index contributed by atoms with van der Waals surface area (Å²) in [5.74, 6) is 1.62. The van der Waals surface area contributed by atoms with E-state index in [2.05, 4.69) is 17.2 Å². The Balaban J connectivity index is 1.79. The van der Waals surface area contributed by atoms with E-state index in [0.29, 0.717) is 23.9 Å². The van der Waals surface area contributed by atoms with E-state index >= 15 is 0 Å². The number of hydrogen-bond acceptors (Lipinski definition) is 6. The van der Waals surface area contributed by atoms with Gasteiger partial charge in [-0.05, 0) is 57.9 Å². The number of fused-ring (bicyclic) bond motifs is 1. The fourth-order valence-corrected chi connectivity index (χ4v) is 3.22. The molecule has 2 aliphatic heterocycles. The lowest BCUT2D eigenvalue weighted by atomic mass is 10.1. The normalized spacial score (nSPS) is 19.3. The minimum absolute atomic E-state index is 0.00785. The highest BCUT2D eigenvalue weighted by Gasteiger charge is 2.32. The fourth-order valence-electron chi connectivity index (χ4n) is 3.22. The van der Waals surface area contributed by atoms with E-state index in [-0.39, 0.29) is 12.5 Å². The van der Waals surface area contributed by atoms with E-state index in [4.69, 9.17) is 14.2 Å². The van der Waals surface area contributed by atoms with Crippen LogP contribution >= 0.6 is 0 Å². The smallest absolute Gasteiger partial charge is 0.408 e. The lowest BCUT2D eigenvalue weighted by molar-refractivity contribution is -0.120. The van der Waals surface area contributed by atoms with Crippen LogP contribution < -0.4 is 15.0 Å². The zero-order chi connectivity index (χ0) is 22.1. The molecule has 8 nitrogen and oxygen atoms in total. The summed E-state index contributed by atoms with van der Waals surface area (Å²) in [5.41, 5.74) is 1.85. The molecule has 1 aromatic carbocycles. The van der Waals surface area contributed by atoms with E-state index in [1.165, 1.54) is 10.5 Å². The van der Waals surface area contributed by atoms with Crippen LogP contribution in [0.4, 0.5) is 10.5 Å². The average molecular weight is 415 g/mol. The molecule has 2 aliphatic rings. The number of carbonyl (C=O) groups excluding carboxylic acids is 2. The molecule has 0 fully saturated rings. The van der Waals surface area contributed by atoms with Gasteiger partial charge in [0.05, 0.1) is 12.2 Å². The van der Waals surface area contributed by atoms with E-state index in [1.807, 2.05) is 19.1 Å². The second kappa shape index (κ2) is 8.38. The van der Waals surface area contributed by atoms with Crippen molar-refractivity contribution < 1.29 is 23.8 Å². The summed E-state index contributed by atoms with van der Waals surface area (Å²) >= 11 is 0. The molecule has 0 aromatic heterocycles. The van der Waals surface area contributed by atoms with E-state index in [0.717, 1.165) is 17.7 Å². The second-order valence-corrected chi connectivity index (χ2v) is 8.33. The minimum atomic E-state index is -0.860. The van der Waals surface area contributed by atoms with Crippen molar-refractivity contribution in [3.05, 3.63) is 35.1 Å². The number of likely N-dealkylation sites (N-methyl/N-ethyl adjacent to an activating group) is 1. The van der Waals surface area contributed by atoms with Gasteiger partial charge in [-0.25, -0.2) is 9.79 Å². The quantitative estimate of drug-likeness (QED) is 0.817. The van der Waals surface area contributed by atoms with Crippen molar-refractivity contribution in [1.29, 1.82) is 0 Å². The molecule has 0 radical (unpaired) electrons. The Morgan fingerprint density at radius 3 is 2.73 bits per heavy atom. The number of aliphatic imine (C=N–C) groups is 1. The summed E-state index contributed by atoms with van der Waals surface area (Å²) in [7, 11) is 1.65. The highest BCUT2D eigenvalue weighted by Crippen LogP contribution is 2.33. The number of allylic oxidation sites excluding steroid dienone is 1. The predicted octanol–water partition coefficient (Wildman–Crippen LogP) is 3.40. The van der Waals surface area contributed by atoms with E-state index in [9.17, 15) is 9.59 Å².